The van der Waals surface area contributed by atoms with Crippen LogP contribution >= 0.6 is 0 Å². The number of hydrogen-bond acceptors (Lipinski definition) is 3. The van der Waals surface area contributed by atoms with Crippen LogP contribution in [-0.4, -0.2) is 5.78 Å². The monoisotopic (exact) mass is 363 g/mol. The molecule has 0 atom stereocenters. The lowest BCUT2D eigenvalue weighted by Crippen LogP contribution is -2.03. The number of fused-ring (bicyclic) bond motifs is 2. The van der Waals surface area contributed by atoms with Gasteiger partial charge in [-0.05, 0) is 41.1 Å². The summed E-state index contributed by atoms with van der Waals surface area (Å²) in [5.74, 6) is 0.181. The number of carbonyl (C=O) groups is 1. The fourth-order valence-corrected chi connectivity index (χ4v) is 3.46. The summed E-state index contributed by atoms with van der Waals surface area (Å²) in [5.41, 5.74) is 2.89. The molecule has 5 aromatic rings. The van der Waals surface area contributed by atoms with E-state index in [9.17, 15) is 4.79 Å². The summed E-state index contributed by atoms with van der Waals surface area (Å²) in [6.07, 6.45) is 0. The van der Waals surface area contributed by atoms with Gasteiger partial charge in [-0.25, -0.2) is 0 Å². The van der Waals surface area contributed by atoms with Gasteiger partial charge in [-0.2, -0.15) is 0 Å². The quantitative estimate of drug-likeness (QED) is 0.368. The molecule has 0 radical (unpaired) electrons. The summed E-state index contributed by atoms with van der Waals surface area (Å²) in [6, 6.07) is 31.2. The Kier molecular flexibility index (Phi) is 3.91. The van der Waals surface area contributed by atoms with Crippen LogP contribution in [0.25, 0.3) is 21.7 Å². The topological polar surface area (TPSA) is 42.2 Å². The van der Waals surface area contributed by atoms with Gasteiger partial charge in [-0.15, -0.1) is 0 Å². The molecule has 0 aliphatic carbocycles. The van der Waals surface area contributed by atoms with Gasteiger partial charge in [0.15, 0.2) is 5.76 Å². The normalized spacial score (nSPS) is 11.0. The van der Waals surface area contributed by atoms with Crippen LogP contribution in [-0.2, 0) is 0 Å². The first kappa shape index (κ1) is 16.3. The van der Waals surface area contributed by atoms with E-state index in [1.165, 1.54) is 0 Å². The molecule has 0 spiro atoms. The highest BCUT2D eigenvalue weighted by Gasteiger charge is 2.22. The highest BCUT2D eigenvalue weighted by Crippen LogP contribution is 2.35. The second-order valence-electron chi connectivity index (χ2n) is 6.68. The van der Waals surface area contributed by atoms with E-state index in [2.05, 4.69) is 5.32 Å². The average molecular weight is 363 g/mol. The van der Waals surface area contributed by atoms with E-state index >= 15 is 0 Å². The first-order chi connectivity index (χ1) is 13.8. The zero-order valence-electron chi connectivity index (χ0n) is 15.1. The van der Waals surface area contributed by atoms with Gasteiger partial charge in [0.1, 0.15) is 5.58 Å². The number of benzene rings is 4. The van der Waals surface area contributed by atoms with Crippen molar-refractivity contribution in [1.29, 1.82) is 0 Å². The van der Waals surface area contributed by atoms with Crippen LogP contribution in [0, 0.1) is 0 Å². The van der Waals surface area contributed by atoms with Crippen molar-refractivity contribution in [2.45, 2.75) is 0 Å². The summed E-state index contributed by atoms with van der Waals surface area (Å²) < 4.78 is 5.99. The van der Waals surface area contributed by atoms with Gasteiger partial charge in [0.25, 0.3) is 0 Å². The lowest BCUT2D eigenvalue weighted by Gasteiger charge is -2.07. The van der Waals surface area contributed by atoms with Gasteiger partial charge >= 0.3 is 0 Å². The average Bonchev–Trinajstić information content (AvgIpc) is 3.12. The van der Waals surface area contributed by atoms with Crippen molar-refractivity contribution in [3.63, 3.8) is 0 Å². The smallest absolute Gasteiger partial charge is 0.230 e. The highest BCUT2D eigenvalue weighted by molar-refractivity contribution is 6.16. The van der Waals surface area contributed by atoms with Crippen molar-refractivity contribution in [3.05, 3.63) is 108 Å². The Hall–Kier alpha value is -3.85. The Morgan fingerprint density at radius 2 is 1.43 bits per heavy atom. The lowest BCUT2D eigenvalue weighted by atomic mass is 10.0. The number of anilines is 2. The molecule has 3 heteroatoms. The molecule has 4 aromatic carbocycles. The second kappa shape index (κ2) is 6.71. The first-order valence-electron chi connectivity index (χ1n) is 9.17. The van der Waals surface area contributed by atoms with Crippen LogP contribution < -0.4 is 5.32 Å². The summed E-state index contributed by atoms with van der Waals surface area (Å²) in [5, 5.41) is 6.39. The van der Waals surface area contributed by atoms with Crippen LogP contribution in [0.5, 0.6) is 0 Å². The molecule has 0 unspecified atom stereocenters. The van der Waals surface area contributed by atoms with E-state index in [0.29, 0.717) is 22.6 Å². The van der Waals surface area contributed by atoms with Crippen molar-refractivity contribution >= 4 is 38.9 Å². The number of nitrogens with one attached hydrogen (secondary N) is 1. The van der Waals surface area contributed by atoms with E-state index in [4.69, 9.17) is 4.42 Å². The molecule has 0 saturated heterocycles. The maximum atomic E-state index is 13.3. The SMILES string of the molecule is O=C(c1ccc2ccccc2c1)c1oc2ccccc2c1Nc1ccccc1. The highest BCUT2D eigenvalue weighted by atomic mass is 16.3. The Morgan fingerprint density at radius 1 is 0.714 bits per heavy atom. The van der Waals surface area contributed by atoms with E-state index in [0.717, 1.165) is 21.8 Å². The van der Waals surface area contributed by atoms with E-state index in [1.54, 1.807) is 0 Å². The summed E-state index contributed by atoms with van der Waals surface area (Å²) >= 11 is 0. The van der Waals surface area contributed by atoms with Crippen molar-refractivity contribution in [2.24, 2.45) is 0 Å². The maximum Gasteiger partial charge on any atom is 0.230 e. The molecular formula is C25H17NO2. The molecule has 0 amide bonds. The third-order valence-electron chi connectivity index (χ3n) is 4.86. The minimum absolute atomic E-state index is 0.139. The lowest BCUT2D eigenvalue weighted by molar-refractivity contribution is 0.101. The molecule has 0 bridgehead atoms. The summed E-state index contributed by atoms with van der Waals surface area (Å²) in [4.78, 5) is 13.3. The molecule has 1 heterocycles. The number of carbonyl (C=O) groups excluding carboxylic acids is 1. The van der Waals surface area contributed by atoms with Gasteiger partial charge in [-0.1, -0.05) is 66.7 Å². The predicted octanol–water partition coefficient (Wildman–Crippen LogP) is 6.56. The van der Waals surface area contributed by atoms with Gasteiger partial charge in [0.2, 0.25) is 5.78 Å². The molecular weight excluding hydrogens is 346 g/mol. The molecule has 1 N–H and O–H groups in total. The van der Waals surface area contributed by atoms with Crippen LogP contribution in [0.2, 0.25) is 0 Å². The van der Waals surface area contributed by atoms with Crippen molar-refractivity contribution in [1.82, 2.24) is 0 Å². The molecule has 3 nitrogen and oxygen atoms in total. The van der Waals surface area contributed by atoms with Gasteiger partial charge in [-0.3, -0.25) is 4.79 Å². The second-order valence-corrected chi connectivity index (χ2v) is 6.68. The summed E-state index contributed by atoms with van der Waals surface area (Å²) in [7, 11) is 0. The number of hydrogen-bond donors (Lipinski definition) is 1. The predicted molar refractivity (Wildman–Crippen MR) is 113 cm³/mol. The summed E-state index contributed by atoms with van der Waals surface area (Å²) in [6.45, 7) is 0. The Bertz CT molecular complexity index is 1300. The third kappa shape index (κ3) is 2.83. The standard InChI is InChI=1S/C25H17NO2/c27-24(19-15-14-17-8-4-5-9-18(17)16-19)25-23(26-20-10-2-1-3-11-20)21-12-6-7-13-22(21)28-25/h1-16,26H. The van der Waals surface area contributed by atoms with E-state index in [-0.39, 0.29) is 5.78 Å². The fraction of sp³-hybridized carbons (Fsp3) is 0. The minimum Gasteiger partial charge on any atom is -0.450 e. The molecule has 5 rings (SSSR count). The molecule has 28 heavy (non-hydrogen) atoms. The van der Waals surface area contributed by atoms with Crippen molar-refractivity contribution < 1.29 is 9.21 Å². The third-order valence-corrected chi connectivity index (χ3v) is 4.86. The van der Waals surface area contributed by atoms with Gasteiger partial charge < -0.3 is 9.73 Å². The molecule has 0 aliphatic heterocycles. The van der Waals surface area contributed by atoms with E-state index in [1.807, 2.05) is 97.1 Å². The number of rotatable bonds is 4. The van der Waals surface area contributed by atoms with Gasteiger partial charge in [0.05, 0.1) is 5.69 Å². The van der Waals surface area contributed by atoms with Crippen LogP contribution in [0.15, 0.2) is 101 Å². The Morgan fingerprint density at radius 3 is 2.29 bits per heavy atom. The van der Waals surface area contributed by atoms with Crippen molar-refractivity contribution in [3.8, 4) is 0 Å². The molecule has 134 valence electrons. The molecule has 0 saturated carbocycles. The van der Waals surface area contributed by atoms with Gasteiger partial charge in [0, 0.05) is 16.6 Å². The fourth-order valence-electron chi connectivity index (χ4n) is 3.46. The molecule has 0 fully saturated rings. The minimum atomic E-state index is -0.139. The maximum absolute atomic E-state index is 13.3. The van der Waals surface area contributed by atoms with Crippen molar-refractivity contribution in [2.75, 3.05) is 5.32 Å². The number of para-hydroxylation sites is 2. The van der Waals surface area contributed by atoms with Crippen LogP contribution in [0.1, 0.15) is 16.1 Å². The zero-order chi connectivity index (χ0) is 18.9. The Balaban J connectivity index is 1.64. The number of furan rings is 1. The van der Waals surface area contributed by atoms with Crippen LogP contribution in [0.3, 0.4) is 0 Å². The van der Waals surface area contributed by atoms with Crippen LogP contribution in [0.4, 0.5) is 11.4 Å². The molecule has 0 aliphatic rings. The largest absolute Gasteiger partial charge is 0.450 e. The van der Waals surface area contributed by atoms with E-state index < -0.39 is 0 Å². The Labute approximate surface area is 162 Å². The number of ketones is 1. The first-order valence-corrected chi connectivity index (χ1v) is 9.17. The zero-order valence-corrected chi connectivity index (χ0v) is 15.1. The molecule has 1 aromatic heterocycles.